The van der Waals surface area contributed by atoms with E-state index in [0.29, 0.717) is 12.8 Å². The number of nitrogens with zero attached hydrogens (tertiary/aromatic N) is 1. The average Bonchev–Trinajstić information content (AvgIpc) is 1.58. The largest absolute Gasteiger partial charge is 0.300 e. The fourth-order valence-corrected chi connectivity index (χ4v) is 0.581. The molecule has 1 aliphatic carbocycles. The monoisotopic (exact) mass is 95.0 g/mol. The van der Waals surface area contributed by atoms with Crippen molar-refractivity contribution in [3.05, 3.63) is 0 Å². The van der Waals surface area contributed by atoms with Crippen molar-refractivity contribution in [2.45, 2.75) is 12.8 Å². The van der Waals surface area contributed by atoms with E-state index in [0.717, 1.165) is 0 Å². The van der Waals surface area contributed by atoms with Gasteiger partial charge in [0.15, 0.2) is 0 Å². The molecule has 7 heavy (non-hydrogen) atoms. The molecule has 0 N–H and O–H groups in total. The Balaban J connectivity index is 2.34. The lowest BCUT2D eigenvalue weighted by atomic mass is 9.86. The summed E-state index contributed by atoms with van der Waals surface area (Å²) in [5, 5.41) is 8.10. The summed E-state index contributed by atoms with van der Waals surface area (Å²) in [7, 11) is 0. The summed E-state index contributed by atoms with van der Waals surface area (Å²) in [6.45, 7) is 0. The number of nitriles is 1. The Hall–Kier alpha value is -0.840. The quantitative estimate of drug-likeness (QED) is 0.439. The highest BCUT2D eigenvalue weighted by Gasteiger charge is 2.25. The number of ketones is 1. The third-order valence-electron chi connectivity index (χ3n) is 1.13. The molecule has 0 bridgehead atoms. The number of Topliss-reactive ketones (excluding diaryl/α,β-unsaturated/α-hetero) is 1. The third kappa shape index (κ3) is 0.614. The molecule has 1 rings (SSSR count). The lowest BCUT2D eigenvalue weighted by molar-refractivity contribution is -0.125. The van der Waals surface area contributed by atoms with Crippen LogP contribution in [0.15, 0.2) is 0 Å². The highest BCUT2D eigenvalue weighted by molar-refractivity contribution is 5.85. The fraction of sp³-hybridized carbons (Fsp3) is 0.600. The molecule has 1 aliphatic rings. The van der Waals surface area contributed by atoms with E-state index < -0.39 is 0 Å². The zero-order chi connectivity index (χ0) is 5.28. The van der Waals surface area contributed by atoms with Crippen LogP contribution in [0.4, 0.5) is 0 Å². The Labute approximate surface area is 41.7 Å². The molecule has 0 atom stereocenters. The summed E-state index contributed by atoms with van der Waals surface area (Å²) in [4.78, 5) is 10.1. The van der Waals surface area contributed by atoms with Crippen molar-refractivity contribution in [3.63, 3.8) is 0 Å². The van der Waals surface area contributed by atoms with Gasteiger partial charge in [-0.25, -0.2) is 0 Å². The smallest absolute Gasteiger partial charge is 0.135 e. The second kappa shape index (κ2) is 1.34. The number of hydrogen-bond donors (Lipinski definition) is 0. The first-order valence-electron chi connectivity index (χ1n) is 2.24. The van der Waals surface area contributed by atoms with E-state index in [-0.39, 0.29) is 11.7 Å². The van der Waals surface area contributed by atoms with Crippen molar-refractivity contribution in [1.82, 2.24) is 0 Å². The standard InChI is InChI=1S/C5H5NO/c6-3-4-1-5(7)2-4/h4H,1-2H2. The van der Waals surface area contributed by atoms with Crippen LogP contribution in [0.3, 0.4) is 0 Å². The zero-order valence-corrected chi connectivity index (χ0v) is 3.85. The summed E-state index contributed by atoms with van der Waals surface area (Å²) in [5.74, 6) is 0.277. The molecule has 0 saturated heterocycles. The summed E-state index contributed by atoms with van der Waals surface area (Å²) in [6, 6.07) is 2.01. The van der Waals surface area contributed by atoms with Crippen LogP contribution in [0.2, 0.25) is 0 Å². The van der Waals surface area contributed by atoms with E-state index in [9.17, 15) is 4.79 Å². The maximum Gasteiger partial charge on any atom is 0.135 e. The molecule has 2 nitrogen and oxygen atoms in total. The van der Waals surface area contributed by atoms with Gasteiger partial charge in [-0.05, 0) is 0 Å². The number of carbonyl (C=O) groups excluding carboxylic acids is 1. The van der Waals surface area contributed by atoms with E-state index in [1.165, 1.54) is 0 Å². The molecule has 0 radical (unpaired) electrons. The molecule has 0 heterocycles. The van der Waals surface area contributed by atoms with Gasteiger partial charge in [0.1, 0.15) is 5.78 Å². The number of rotatable bonds is 0. The lowest BCUT2D eigenvalue weighted by Gasteiger charge is -2.14. The van der Waals surface area contributed by atoms with Crippen molar-refractivity contribution in [2.75, 3.05) is 0 Å². The molecule has 0 aromatic carbocycles. The van der Waals surface area contributed by atoms with Crippen LogP contribution in [-0.2, 0) is 4.79 Å². The van der Waals surface area contributed by atoms with E-state index >= 15 is 0 Å². The summed E-state index contributed by atoms with van der Waals surface area (Å²) in [6.07, 6.45) is 0.993. The van der Waals surface area contributed by atoms with Gasteiger partial charge in [0.25, 0.3) is 0 Å². The summed E-state index contributed by atoms with van der Waals surface area (Å²) < 4.78 is 0. The Morgan fingerprint density at radius 3 is 2.43 bits per heavy atom. The lowest BCUT2D eigenvalue weighted by Crippen LogP contribution is -2.20. The Morgan fingerprint density at radius 2 is 2.29 bits per heavy atom. The zero-order valence-electron chi connectivity index (χ0n) is 3.85. The molecule has 36 valence electrons. The summed E-state index contributed by atoms with van der Waals surface area (Å²) >= 11 is 0. The Kier molecular flexibility index (Phi) is 0.828. The van der Waals surface area contributed by atoms with Crippen LogP contribution in [0, 0.1) is 17.2 Å². The third-order valence-corrected chi connectivity index (χ3v) is 1.13. The number of hydrogen-bond acceptors (Lipinski definition) is 2. The van der Waals surface area contributed by atoms with Crippen LogP contribution < -0.4 is 0 Å². The van der Waals surface area contributed by atoms with E-state index in [2.05, 4.69) is 0 Å². The predicted octanol–water partition coefficient (Wildman–Crippen LogP) is 0.489. The van der Waals surface area contributed by atoms with Crippen molar-refractivity contribution in [3.8, 4) is 6.07 Å². The van der Waals surface area contributed by atoms with Gasteiger partial charge in [-0.3, -0.25) is 4.79 Å². The molecule has 1 fully saturated rings. The topological polar surface area (TPSA) is 40.9 Å². The molecule has 0 aliphatic heterocycles. The van der Waals surface area contributed by atoms with Crippen molar-refractivity contribution in [2.24, 2.45) is 5.92 Å². The second-order valence-corrected chi connectivity index (χ2v) is 1.77. The van der Waals surface area contributed by atoms with Crippen LogP contribution >= 0.6 is 0 Å². The van der Waals surface area contributed by atoms with E-state index in [1.807, 2.05) is 6.07 Å². The minimum absolute atomic E-state index is 0.0486. The first-order chi connectivity index (χ1) is 3.33. The molecular weight excluding hydrogens is 90.1 g/mol. The predicted molar refractivity (Wildman–Crippen MR) is 23.3 cm³/mol. The minimum atomic E-state index is 0.0486. The molecule has 0 aromatic rings. The molecule has 0 spiro atoms. The average molecular weight is 95.1 g/mol. The molecule has 0 amide bonds. The maximum atomic E-state index is 10.1. The van der Waals surface area contributed by atoms with E-state index in [4.69, 9.17) is 5.26 Å². The van der Waals surface area contributed by atoms with Gasteiger partial charge >= 0.3 is 0 Å². The summed E-state index contributed by atoms with van der Waals surface area (Å²) in [5.41, 5.74) is 0. The molecule has 0 unspecified atom stereocenters. The Morgan fingerprint density at radius 1 is 1.71 bits per heavy atom. The van der Waals surface area contributed by atoms with E-state index in [1.54, 1.807) is 0 Å². The van der Waals surface area contributed by atoms with Gasteiger partial charge in [0.2, 0.25) is 0 Å². The molecule has 1 saturated carbocycles. The van der Waals surface area contributed by atoms with Gasteiger partial charge in [-0.15, -0.1) is 0 Å². The molecule has 2 heteroatoms. The van der Waals surface area contributed by atoms with Gasteiger partial charge < -0.3 is 0 Å². The van der Waals surface area contributed by atoms with Gasteiger partial charge in [0.05, 0.1) is 12.0 Å². The van der Waals surface area contributed by atoms with Crippen molar-refractivity contribution >= 4 is 5.78 Å². The first-order valence-corrected chi connectivity index (χ1v) is 2.24. The van der Waals surface area contributed by atoms with Crippen LogP contribution in [0.5, 0.6) is 0 Å². The van der Waals surface area contributed by atoms with Crippen LogP contribution in [0.25, 0.3) is 0 Å². The number of carbonyl (C=O) groups is 1. The van der Waals surface area contributed by atoms with Crippen molar-refractivity contribution in [1.29, 1.82) is 5.26 Å². The van der Waals surface area contributed by atoms with Crippen LogP contribution in [-0.4, -0.2) is 5.78 Å². The van der Waals surface area contributed by atoms with Gasteiger partial charge in [-0.1, -0.05) is 0 Å². The highest BCUT2D eigenvalue weighted by Crippen LogP contribution is 2.20. The SMILES string of the molecule is N#CC1CC(=O)C1. The first kappa shape index (κ1) is 4.32. The maximum absolute atomic E-state index is 10.1. The minimum Gasteiger partial charge on any atom is -0.300 e. The van der Waals surface area contributed by atoms with Crippen LogP contribution in [0.1, 0.15) is 12.8 Å². The highest BCUT2D eigenvalue weighted by atomic mass is 16.1. The van der Waals surface area contributed by atoms with Gasteiger partial charge in [0, 0.05) is 12.8 Å². The Bertz CT molecular complexity index is 126. The van der Waals surface area contributed by atoms with Crippen molar-refractivity contribution < 1.29 is 4.79 Å². The molecule has 0 aromatic heterocycles. The second-order valence-electron chi connectivity index (χ2n) is 1.77. The fourth-order valence-electron chi connectivity index (χ4n) is 0.581. The van der Waals surface area contributed by atoms with Gasteiger partial charge in [-0.2, -0.15) is 5.26 Å². The normalized spacial score (nSPS) is 20.7. The molecular formula is C5H5NO.